The van der Waals surface area contributed by atoms with Gasteiger partial charge in [-0.2, -0.15) is 0 Å². The molecule has 0 amide bonds. The Kier molecular flexibility index (Phi) is 2.25. The van der Waals surface area contributed by atoms with Gasteiger partial charge in [0.2, 0.25) is 5.88 Å². The number of hydrogen-bond donors (Lipinski definition) is 0. The number of ketones is 1. The maximum Gasteiger partial charge on any atom is 0.213 e. The molecule has 1 aromatic rings. The Labute approximate surface area is 101 Å². The van der Waals surface area contributed by atoms with E-state index in [0.717, 1.165) is 6.42 Å². The largest absolute Gasteiger partial charge is 0.475 e. The number of fused-ring (bicyclic) bond motifs is 3. The molecule has 0 saturated heterocycles. The van der Waals surface area contributed by atoms with Crippen LogP contribution in [0.2, 0.25) is 0 Å². The Morgan fingerprint density at radius 1 is 1.53 bits per heavy atom. The molecule has 0 N–H and O–H groups in total. The first-order valence-electron chi connectivity index (χ1n) is 6.24. The molecule has 17 heavy (non-hydrogen) atoms. The van der Waals surface area contributed by atoms with E-state index in [-0.39, 0.29) is 12.0 Å². The van der Waals surface area contributed by atoms with E-state index in [1.54, 1.807) is 6.92 Å². The van der Waals surface area contributed by atoms with Crippen LogP contribution in [0, 0.1) is 11.8 Å². The van der Waals surface area contributed by atoms with Gasteiger partial charge in [-0.05, 0) is 50.2 Å². The molecule has 1 fully saturated rings. The van der Waals surface area contributed by atoms with Crippen LogP contribution in [-0.2, 0) is 11.2 Å². The Morgan fingerprint density at radius 3 is 2.94 bits per heavy atom. The molecule has 3 atom stereocenters. The molecule has 0 aliphatic heterocycles. The lowest BCUT2D eigenvalue weighted by molar-refractivity contribution is -0.118. The SMILES string of the molecule is CC(=O)C1C2Cc3cc(OC(C)C)ncc3C21. The van der Waals surface area contributed by atoms with Gasteiger partial charge in [0.1, 0.15) is 5.78 Å². The standard InChI is InChI=1S/C14H17NO2/c1-7(2)17-12-5-9-4-10-13(8(3)16)14(10)11(9)6-15-12/h5-7,10,13-14H,4H2,1-3H3. The summed E-state index contributed by atoms with van der Waals surface area (Å²) in [6, 6.07) is 2.04. The summed E-state index contributed by atoms with van der Waals surface area (Å²) >= 11 is 0. The van der Waals surface area contributed by atoms with Crippen molar-refractivity contribution in [2.45, 2.75) is 39.2 Å². The fraction of sp³-hybridized carbons (Fsp3) is 0.571. The summed E-state index contributed by atoms with van der Waals surface area (Å²) in [6.07, 6.45) is 3.07. The first-order valence-corrected chi connectivity index (χ1v) is 6.24. The number of rotatable bonds is 3. The number of nitrogens with zero attached hydrogens (tertiary/aromatic N) is 1. The molecule has 2 aliphatic rings. The van der Waals surface area contributed by atoms with Gasteiger partial charge in [-0.1, -0.05) is 0 Å². The zero-order valence-corrected chi connectivity index (χ0v) is 10.4. The lowest BCUT2D eigenvalue weighted by Crippen LogP contribution is -2.08. The number of Topliss-reactive ketones (excluding diaryl/α,β-unsaturated/α-hetero) is 1. The van der Waals surface area contributed by atoms with Crippen LogP contribution in [0.5, 0.6) is 5.88 Å². The topological polar surface area (TPSA) is 39.2 Å². The Balaban J connectivity index is 1.83. The first kappa shape index (κ1) is 10.8. The van der Waals surface area contributed by atoms with Crippen LogP contribution in [-0.4, -0.2) is 16.9 Å². The summed E-state index contributed by atoms with van der Waals surface area (Å²) in [5.41, 5.74) is 2.59. The van der Waals surface area contributed by atoms with Gasteiger partial charge in [0.05, 0.1) is 6.10 Å². The van der Waals surface area contributed by atoms with E-state index in [4.69, 9.17) is 4.74 Å². The minimum absolute atomic E-state index is 0.154. The highest BCUT2D eigenvalue weighted by molar-refractivity contribution is 5.84. The molecule has 3 nitrogen and oxygen atoms in total. The maximum absolute atomic E-state index is 11.4. The van der Waals surface area contributed by atoms with Gasteiger partial charge in [0, 0.05) is 18.2 Å². The minimum Gasteiger partial charge on any atom is -0.475 e. The van der Waals surface area contributed by atoms with Crippen molar-refractivity contribution in [3.8, 4) is 5.88 Å². The van der Waals surface area contributed by atoms with E-state index in [9.17, 15) is 4.79 Å². The van der Waals surface area contributed by atoms with Crippen LogP contribution in [0.25, 0.3) is 0 Å². The van der Waals surface area contributed by atoms with E-state index in [1.165, 1.54) is 11.1 Å². The van der Waals surface area contributed by atoms with Crippen molar-refractivity contribution in [3.05, 3.63) is 23.4 Å². The molecular formula is C14H17NO2. The molecule has 0 bridgehead atoms. The van der Waals surface area contributed by atoms with Crippen molar-refractivity contribution in [3.63, 3.8) is 0 Å². The molecular weight excluding hydrogens is 214 g/mol. The molecule has 2 aliphatic carbocycles. The number of hydrogen-bond acceptors (Lipinski definition) is 3. The zero-order chi connectivity index (χ0) is 12.2. The average Bonchev–Trinajstić information content (AvgIpc) is 2.82. The number of carbonyl (C=O) groups is 1. The molecule has 0 radical (unpaired) electrons. The van der Waals surface area contributed by atoms with Crippen molar-refractivity contribution in [1.82, 2.24) is 4.98 Å². The van der Waals surface area contributed by atoms with Crippen molar-refractivity contribution in [2.24, 2.45) is 11.8 Å². The molecule has 1 aromatic heterocycles. The van der Waals surface area contributed by atoms with Gasteiger partial charge in [-0.15, -0.1) is 0 Å². The van der Waals surface area contributed by atoms with Gasteiger partial charge < -0.3 is 4.74 Å². The van der Waals surface area contributed by atoms with Crippen LogP contribution >= 0.6 is 0 Å². The summed E-state index contributed by atoms with van der Waals surface area (Å²) in [5, 5.41) is 0. The summed E-state index contributed by atoms with van der Waals surface area (Å²) in [5.74, 6) is 2.29. The first-order chi connectivity index (χ1) is 8.08. The summed E-state index contributed by atoms with van der Waals surface area (Å²) in [6.45, 7) is 5.70. The highest BCUT2D eigenvalue weighted by atomic mass is 16.5. The third-order valence-corrected chi connectivity index (χ3v) is 3.81. The Bertz CT molecular complexity index is 481. The predicted molar refractivity (Wildman–Crippen MR) is 64.1 cm³/mol. The van der Waals surface area contributed by atoms with Gasteiger partial charge in [0.25, 0.3) is 0 Å². The quantitative estimate of drug-likeness (QED) is 0.801. The second-order valence-corrected chi connectivity index (χ2v) is 5.42. The number of carbonyl (C=O) groups excluding carboxylic acids is 1. The lowest BCUT2D eigenvalue weighted by atomic mass is 10.0. The smallest absolute Gasteiger partial charge is 0.213 e. The van der Waals surface area contributed by atoms with Crippen LogP contribution in [0.3, 0.4) is 0 Å². The summed E-state index contributed by atoms with van der Waals surface area (Å²) in [4.78, 5) is 15.7. The molecule has 3 unspecified atom stereocenters. The molecule has 3 rings (SSSR count). The molecule has 3 heteroatoms. The van der Waals surface area contributed by atoms with Crippen LogP contribution < -0.4 is 4.74 Å². The van der Waals surface area contributed by atoms with E-state index >= 15 is 0 Å². The average molecular weight is 231 g/mol. The fourth-order valence-corrected chi connectivity index (χ4v) is 3.13. The number of ether oxygens (including phenoxy) is 1. The third kappa shape index (κ3) is 1.65. The van der Waals surface area contributed by atoms with Crippen LogP contribution in [0.1, 0.15) is 37.8 Å². The Hall–Kier alpha value is -1.38. The van der Waals surface area contributed by atoms with Gasteiger partial charge in [0.15, 0.2) is 0 Å². The normalized spacial score (nSPS) is 28.8. The van der Waals surface area contributed by atoms with E-state index in [1.807, 2.05) is 26.1 Å². The highest BCUT2D eigenvalue weighted by Gasteiger charge is 2.58. The van der Waals surface area contributed by atoms with E-state index in [0.29, 0.717) is 23.5 Å². The van der Waals surface area contributed by atoms with Crippen LogP contribution in [0.15, 0.2) is 12.3 Å². The fourth-order valence-electron chi connectivity index (χ4n) is 3.13. The lowest BCUT2D eigenvalue weighted by Gasteiger charge is -2.11. The van der Waals surface area contributed by atoms with Crippen molar-refractivity contribution < 1.29 is 9.53 Å². The van der Waals surface area contributed by atoms with Gasteiger partial charge >= 0.3 is 0 Å². The van der Waals surface area contributed by atoms with Crippen LogP contribution in [0.4, 0.5) is 0 Å². The molecule has 1 saturated carbocycles. The van der Waals surface area contributed by atoms with Crippen molar-refractivity contribution >= 4 is 5.78 Å². The Morgan fingerprint density at radius 2 is 2.29 bits per heavy atom. The maximum atomic E-state index is 11.4. The summed E-state index contributed by atoms with van der Waals surface area (Å²) < 4.78 is 5.59. The predicted octanol–water partition coefficient (Wildman–Crippen LogP) is 2.34. The highest BCUT2D eigenvalue weighted by Crippen LogP contribution is 2.61. The number of pyridine rings is 1. The van der Waals surface area contributed by atoms with Gasteiger partial charge in [-0.25, -0.2) is 4.98 Å². The second-order valence-electron chi connectivity index (χ2n) is 5.42. The molecule has 0 aromatic carbocycles. The van der Waals surface area contributed by atoms with Crippen molar-refractivity contribution in [2.75, 3.05) is 0 Å². The molecule has 0 spiro atoms. The molecule has 1 heterocycles. The molecule has 90 valence electrons. The second kappa shape index (κ2) is 3.56. The third-order valence-electron chi connectivity index (χ3n) is 3.81. The van der Waals surface area contributed by atoms with Gasteiger partial charge in [-0.3, -0.25) is 4.79 Å². The monoisotopic (exact) mass is 231 g/mol. The minimum atomic E-state index is 0.154. The summed E-state index contributed by atoms with van der Waals surface area (Å²) in [7, 11) is 0. The zero-order valence-electron chi connectivity index (χ0n) is 10.4. The number of aromatic nitrogens is 1. The van der Waals surface area contributed by atoms with E-state index in [2.05, 4.69) is 4.98 Å². The van der Waals surface area contributed by atoms with Crippen molar-refractivity contribution in [1.29, 1.82) is 0 Å². The van der Waals surface area contributed by atoms with E-state index < -0.39 is 0 Å².